The molecule has 2 N–H and O–H groups in total. The van der Waals surface area contributed by atoms with E-state index in [-0.39, 0.29) is 12.6 Å². The molecule has 0 bridgehead atoms. The van der Waals surface area contributed by atoms with Gasteiger partial charge in [0.15, 0.2) is 0 Å². The van der Waals surface area contributed by atoms with Gasteiger partial charge >= 0.3 is 0 Å². The molecular weight excluding hydrogens is 170 g/mol. The van der Waals surface area contributed by atoms with Crippen LogP contribution in [0.5, 0.6) is 0 Å². The highest BCUT2D eigenvalue weighted by Crippen LogP contribution is 2.10. The third-order valence-electron chi connectivity index (χ3n) is 1.74. The number of rotatable bonds is 5. The van der Waals surface area contributed by atoms with Crippen LogP contribution >= 0.6 is 11.3 Å². The molecule has 0 fully saturated rings. The topological polar surface area (TPSA) is 32.3 Å². The summed E-state index contributed by atoms with van der Waals surface area (Å²) < 4.78 is 0. The van der Waals surface area contributed by atoms with Crippen LogP contribution in [-0.4, -0.2) is 24.3 Å². The van der Waals surface area contributed by atoms with Gasteiger partial charge in [-0.3, -0.25) is 0 Å². The van der Waals surface area contributed by atoms with E-state index in [0.29, 0.717) is 0 Å². The largest absolute Gasteiger partial charge is 0.395 e. The number of aliphatic hydroxyl groups is 1. The molecule has 1 atom stereocenters. The Hall–Kier alpha value is -0.380. The summed E-state index contributed by atoms with van der Waals surface area (Å²) in [5.41, 5.74) is 0. The number of hydrogen-bond donors (Lipinski definition) is 2. The van der Waals surface area contributed by atoms with Crippen molar-refractivity contribution in [3.8, 4) is 0 Å². The zero-order valence-electron chi connectivity index (χ0n) is 7.29. The molecule has 2 nitrogen and oxygen atoms in total. The Labute approximate surface area is 77.2 Å². The number of thiophene rings is 1. The molecule has 0 saturated heterocycles. The Morgan fingerprint density at radius 3 is 3.00 bits per heavy atom. The molecule has 3 heteroatoms. The van der Waals surface area contributed by atoms with Gasteiger partial charge in [-0.1, -0.05) is 13.0 Å². The summed E-state index contributed by atoms with van der Waals surface area (Å²) in [6.07, 6.45) is 0.933. The predicted molar refractivity (Wildman–Crippen MR) is 52.6 cm³/mol. The molecule has 0 aliphatic carbocycles. The summed E-state index contributed by atoms with van der Waals surface area (Å²) >= 11 is 1.74. The van der Waals surface area contributed by atoms with Crippen LogP contribution in [0.3, 0.4) is 0 Å². The molecule has 1 heterocycles. The van der Waals surface area contributed by atoms with E-state index in [9.17, 15) is 0 Å². The first-order valence-corrected chi connectivity index (χ1v) is 5.11. The summed E-state index contributed by atoms with van der Waals surface area (Å²) in [4.78, 5) is 1.33. The molecule has 12 heavy (non-hydrogen) atoms. The molecule has 0 aromatic carbocycles. The summed E-state index contributed by atoms with van der Waals surface area (Å²) in [6, 6.07) is 4.36. The first-order valence-electron chi connectivity index (χ1n) is 4.23. The summed E-state index contributed by atoms with van der Waals surface area (Å²) in [6.45, 7) is 3.18. The number of likely N-dealkylation sites (N-methyl/N-ethyl adjacent to an activating group) is 1. The second-order valence-corrected chi connectivity index (χ2v) is 3.75. The molecule has 0 radical (unpaired) electrons. The Morgan fingerprint density at radius 2 is 2.50 bits per heavy atom. The third-order valence-corrected chi connectivity index (χ3v) is 2.64. The van der Waals surface area contributed by atoms with Gasteiger partial charge in [0.1, 0.15) is 0 Å². The van der Waals surface area contributed by atoms with Crippen molar-refractivity contribution in [3.05, 3.63) is 22.4 Å². The molecule has 68 valence electrons. The third kappa shape index (κ3) is 2.93. The van der Waals surface area contributed by atoms with Gasteiger partial charge in [-0.05, 0) is 24.4 Å². The van der Waals surface area contributed by atoms with Crippen molar-refractivity contribution in [2.75, 3.05) is 13.2 Å². The molecule has 1 rings (SSSR count). The maximum Gasteiger partial charge on any atom is 0.0588 e. The van der Waals surface area contributed by atoms with Crippen LogP contribution < -0.4 is 5.32 Å². The van der Waals surface area contributed by atoms with Gasteiger partial charge in [-0.15, -0.1) is 11.3 Å². The smallest absolute Gasteiger partial charge is 0.0588 e. The molecular formula is C9H15NOS. The zero-order chi connectivity index (χ0) is 8.81. The van der Waals surface area contributed by atoms with Crippen LogP contribution in [-0.2, 0) is 6.42 Å². The Balaban J connectivity index is 2.37. The quantitative estimate of drug-likeness (QED) is 0.724. The minimum Gasteiger partial charge on any atom is -0.395 e. The first kappa shape index (κ1) is 9.71. The van der Waals surface area contributed by atoms with Crippen LogP contribution in [0.1, 0.15) is 11.8 Å². The highest BCUT2D eigenvalue weighted by Gasteiger charge is 2.06. The fourth-order valence-electron chi connectivity index (χ4n) is 1.16. The average molecular weight is 185 g/mol. The molecule has 0 saturated carbocycles. The van der Waals surface area contributed by atoms with Crippen LogP contribution in [0.4, 0.5) is 0 Å². The van der Waals surface area contributed by atoms with Gasteiger partial charge in [0.2, 0.25) is 0 Å². The highest BCUT2D eigenvalue weighted by molar-refractivity contribution is 7.09. The van der Waals surface area contributed by atoms with Gasteiger partial charge in [0, 0.05) is 10.9 Å². The normalized spacial score (nSPS) is 13.2. The lowest BCUT2D eigenvalue weighted by Crippen LogP contribution is -2.33. The Bertz CT molecular complexity index is 198. The molecule has 1 unspecified atom stereocenters. The average Bonchev–Trinajstić information content (AvgIpc) is 2.56. The maximum atomic E-state index is 9.00. The molecule has 0 spiro atoms. The van der Waals surface area contributed by atoms with Crippen molar-refractivity contribution in [2.24, 2.45) is 0 Å². The monoisotopic (exact) mass is 185 g/mol. The Kier molecular flexibility index (Phi) is 4.29. The standard InChI is InChI=1S/C9H15NOS/c1-2-10-8(7-11)6-9-4-3-5-12-9/h3-5,8,10-11H,2,6-7H2,1H3. The van der Waals surface area contributed by atoms with E-state index in [1.807, 2.05) is 6.07 Å². The predicted octanol–water partition coefficient (Wildman–Crippen LogP) is 1.26. The van der Waals surface area contributed by atoms with E-state index >= 15 is 0 Å². The molecule has 1 aromatic heterocycles. The molecule has 0 aliphatic heterocycles. The van der Waals surface area contributed by atoms with Gasteiger partial charge in [0.05, 0.1) is 6.61 Å². The Morgan fingerprint density at radius 1 is 1.67 bits per heavy atom. The summed E-state index contributed by atoms with van der Waals surface area (Å²) in [5, 5.41) is 14.3. The van der Waals surface area contributed by atoms with E-state index in [1.165, 1.54) is 4.88 Å². The fraction of sp³-hybridized carbons (Fsp3) is 0.556. The van der Waals surface area contributed by atoms with Crippen molar-refractivity contribution in [3.63, 3.8) is 0 Å². The second-order valence-electron chi connectivity index (χ2n) is 2.72. The van der Waals surface area contributed by atoms with Crippen molar-refractivity contribution in [1.82, 2.24) is 5.32 Å². The van der Waals surface area contributed by atoms with Crippen LogP contribution in [0, 0.1) is 0 Å². The van der Waals surface area contributed by atoms with Crippen LogP contribution in [0.2, 0.25) is 0 Å². The zero-order valence-corrected chi connectivity index (χ0v) is 8.10. The lowest BCUT2D eigenvalue weighted by molar-refractivity contribution is 0.244. The maximum absolute atomic E-state index is 9.00. The van der Waals surface area contributed by atoms with Crippen LogP contribution in [0.25, 0.3) is 0 Å². The number of hydrogen-bond acceptors (Lipinski definition) is 3. The first-order chi connectivity index (χ1) is 5.86. The van der Waals surface area contributed by atoms with E-state index in [1.54, 1.807) is 11.3 Å². The van der Waals surface area contributed by atoms with E-state index in [0.717, 1.165) is 13.0 Å². The van der Waals surface area contributed by atoms with Crippen molar-refractivity contribution in [1.29, 1.82) is 0 Å². The lowest BCUT2D eigenvalue weighted by atomic mass is 10.2. The fourth-order valence-corrected chi connectivity index (χ4v) is 1.95. The minimum absolute atomic E-state index is 0.214. The minimum atomic E-state index is 0.214. The van der Waals surface area contributed by atoms with Gasteiger partial charge in [0.25, 0.3) is 0 Å². The number of nitrogens with one attached hydrogen (secondary N) is 1. The highest BCUT2D eigenvalue weighted by atomic mass is 32.1. The molecule has 1 aromatic rings. The van der Waals surface area contributed by atoms with Crippen LogP contribution in [0.15, 0.2) is 17.5 Å². The van der Waals surface area contributed by atoms with E-state index < -0.39 is 0 Å². The number of aliphatic hydroxyl groups excluding tert-OH is 1. The summed E-state index contributed by atoms with van der Waals surface area (Å²) in [7, 11) is 0. The summed E-state index contributed by atoms with van der Waals surface area (Å²) in [5.74, 6) is 0. The van der Waals surface area contributed by atoms with E-state index in [4.69, 9.17) is 5.11 Å². The van der Waals surface area contributed by atoms with Crippen molar-refractivity contribution >= 4 is 11.3 Å². The van der Waals surface area contributed by atoms with Crippen molar-refractivity contribution < 1.29 is 5.11 Å². The molecule has 0 amide bonds. The van der Waals surface area contributed by atoms with Gasteiger partial charge < -0.3 is 10.4 Å². The van der Waals surface area contributed by atoms with E-state index in [2.05, 4.69) is 23.7 Å². The van der Waals surface area contributed by atoms with Gasteiger partial charge in [-0.2, -0.15) is 0 Å². The van der Waals surface area contributed by atoms with Gasteiger partial charge in [-0.25, -0.2) is 0 Å². The SMILES string of the molecule is CCNC(CO)Cc1cccs1. The second kappa shape index (κ2) is 5.30. The molecule has 0 aliphatic rings. The van der Waals surface area contributed by atoms with Crippen molar-refractivity contribution in [2.45, 2.75) is 19.4 Å². The lowest BCUT2D eigenvalue weighted by Gasteiger charge is -2.13.